The zero-order chi connectivity index (χ0) is 23.9. The van der Waals surface area contributed by atoms with E-state index in [-0.39, 0.29) is 45.7 Å². The molecule has 0 aliphatic rings. The molecule has 0 saturated heterocycles. The van der Waals surface area contributed by atoms with Crippen LogP contribution in [0.1, 0.15) is 24.0 Å². The van der Waals surface area contributed by atoms with Crippen molar-refractivity contribution in [2.24, 2.45) is 0 Å². The fourth-order valence-electron chi connectivity index (χ4n) is 2.99. The van der Waals surface area contributed by atoms with E-state index < -0.39 is 24.1 Å². The number of amides is 1. The van der Waals surface area contributed by atoms with Gasteiger partial charge in [-0.3, -0.25) is 9.59 Å². The molecule has 0 bridgehead atoms. The largest absolute Gasteiger partial charge is 0.481 e. The first-order valence-electron chi connectivity index (χ1n) is 10.7. The van der Waals surface area contributed by atoms with Gasteiger partial charge >= 0.3 is 18.0 Å². The molecule has 0 spiro atoms. The topological polar surface area (TPSA) is 125 Å². The first-order valence-corrected chi connectivity index (χ1v) is 10.7. The van der Waals surface area contributed by atoms with Crippen LogP contribution in [-0.4, -0.2) is 65.4 Å². The van der Waals surface area contributed by atoms with E-state index in [1.807, 2.05) is 60.7 Å². The lowest BCUT2D eigenvalue weighted by atomic mass is 10.2. The molecule has 0 aliphatic heterocycles. The second kappa shape index (κ2) is 14.6. The van der Waals surface area contributed by atoms with Crippen LogP contribution in [-0.2, 0) is 32.3 Å². The molecule has 0 heterocycles. The number of rotatable bonds is 15. The monoisotopic (exact) mass is 458 g/mol. The van der Waals surface area contributed by atoms with Crippen LogP contribution >= 0.6 is 0 Å². The number of carbonyl (C=O) groups excluding carboxylic acids is 1. The maximum atomic E-state index is 12.4. The number of aliphatic carboxylic acids is 2. The van der Waals surface area contributed by atoms with E-state index in [0.717, 1.165) is 11.1 Å². The Bertz CT molecular complexity index is 862. The Morgan fingerprint density at radius 2 is 1.48 bits per heavy atom. The van der Waals surface area contributed by atoms with Gasteiger partial charge in [0.25, 0.3) is 0 Å². The Balaban J connectivity index is 1.78. The molecule has 0 aliphatic carbocycles. The molecule has 178 valence electrons. The Hall–Kier alpha value is -3.43. The van der Waals surface area contributed by atoms with Gasteiger partial charge in [0.1, 0.15) is 12.6 Å². The van der Waals surface area contributed by atoms with Crippen molar-refractivity contribution < 1.29 is 34.1 Å². The summed E-state index contributed by atoms with van der Waals surface area (Å²) in [5, 5.41) is 21.3. The zero-order valence-corrected chi connectivity index (χ0v) is 18.4. The molecule has 33 heavy (non-hydrogen) atoms. The van der Waals surface area contributed by atoms with Crippen molar-refractivity contribution in [1.29, 1.82) is 0 Å². The van der Waals surface area contributed by atoms with Crippen LogP contribution in [0, 0.1) is 0 Å². The van der Waals surface area contributed by atoms with Crippen LogP contribution in [0.2, 0.25) is 0 Å². The number of nitrogens with zero attached hydrogens (tertiary/aromatic N) is 1. The summed E-state index contributed by atoms with van der Waals surface area (Å²) in [6, 6.07) is 17.8. The van der Waals surface area contributed by atoms with Gasteiger partial charge in [-0.2, -0.15) is 0 Å². The summed E-state index contributed by atoms with van der Waals surface area (Å²) < 4.78 is 10.8. The van der Waals surface area contributed by atoms with E-state index in [1.165, 1.54) is 4.90 Å². The van der Waals surface area contributed by atoms with Crippen molar-refractivity contribution in [2.75, 3.05) is 26.2 Å². The van der Waals surface area contributed by atoms with Gasteiger partial charge < -0.3 is 29.9 Å². The van der Waals surface area contributed by atoms with E-state index in [4.69, 9.17) is 14.6 Å². The molecular formula is C24H30N2O7. The van der Waals surface area contributed by atoms with Crippen LogP contribution in [0.25, 0.3) is 0 Å². The van der Waals surface area contributed by atoms with Crippen LogP contribution in [0.15, 0.2) is 60.7 Å². The Morgan fingerprint density at radius 1 is 0.879 bits per heavy atom. The Kier molecular flexibility index (Phi) is 11.4. The zero-order valence-electron chi connectivity index (χ0n) is 18.4. The molecule has 0 aromatic heterocycles. The lowest BCUT2D eigenvalue weighted by Crippen LogP contribution is -2.44. The fraction of sp³-hybridized carbons (Fsp3) is 0.375. The van der Waals surface area contributed by atoms with Crippen molar-refractivity contribution in [2.45, 2.75) is 32.1 Å². The van der Waals surface area contributed by atoms with E-state index in [2.05, 4.69) is 5.32 Å². The van der Waals surface area contributed by atoms with Crippen molar-refractivity contribution in [3.63, 3.8) is 0 Å². The Labute approximate surface area is 192 Å². The van der Waals surface area contributed by atoms with Gasteiger partial charge in [-0.05, 0) is 17.5 Å². The number of hydrogen-bond donors (Lipinski definition) is 3. The minimum absolute atomic E-state index is 0.0391. The molecule has 0 radical (unpaired) electrons. The lowest BCUT2D eigenvalue weighted by Gasteiger charge is -2.23. The molecule has 9 nitrogen and oxygen atoms in total. The highest BCUT2D eigenvalue weighted by atomic mass is 16.6. The summed E-state index contributed by atoms with van der Waals surface area (Å²) in [4.78, 5) is 36.2. The van der Waals surface area contributed by atoms with Gasteiger partial charge in [-0.1, -0.05) is 60.7 Å². The first kappa shape index (κ1) is 25.8. The second-order valence-corrected chi connectivity index (χ2v) is 7.34. The number of hydrogen-bond acceptors (Lipinski definition) is 6. The number of benzene rings is 2. The summed E-state index contributed by atoms with van der Waals surface area (Å²) in [5.41, 5.74) is 1.81. The summed E-state index contributed by atoms with van der Waals surface area (Å²) in [6.45, 7) is 0.936. The molecule has 3 N–H and O–H groups in total. The van der Waals surface area contributed by atoms with Gasteiger partial charge in [-0.25, -0.2) is 4.79 Å². The highest BCUT2D eigenvalue weighted by molar-refractivity contribution is 5.73. The van der Waals surface area contributed by atoms with Crippen molar-refractivity contribution in [1.82, 2.24) is 10.2 Å². The Morgan fingerprint density at radius 3 is 2.06 bits per heavy atom. The quantitative estimate of drug-likeness (QED) is 0.348. The maximum absolute atomic E-state index is 12.4. The van der Waals surface area contributed by atoms with Gasteiger partial charge in [0.15, 0.2) is 0 Å². The predicted molar refractivity (Wildman–Crippen MR) is 121 cm³/mol. The second-order valence-electron chi connectivity index (χ2n) is 7.34. The smallest absolute Gasteiger partial charge is 0.410 e. The first-order chi connectivity index (χ1) is 16.0. The van der Waals surface area contributed by atoms with Crippen LogP contribution in [0.3, 0.4) is 0 Å². The number of carboxylic acid groups (broad SMARTS) is 2. The summed E-state index contributed by atoms with van der Waals surface area (Å²) in [6.07, 6.45) is -0.647. The molecule has 0 unspecified atom stereocenters. The van der Waals surface area contributed by atoms with Gasteiger partial charge in [0, 0.05) is 26.2 Å². The molecule has 9 heteroatoms. The third kappa shape index (κ3) is 10.6. The number of nitrogens with one attached hydrogen (secondary N) is 1. The standard InChI is InChI=1S/C24H30N2O7/c27-22(28)11-14-26(24(31)33-18-20-9-5-2-6-10-20)15-13-25-21(23(29)30)12-16-32-17-19-7-3-1-4-8-19/h1-10,21,25H,11-18H2,(H,27,28)(H,29,30)/t21-/m0/s1. The van der Waals surface area contributed by atoms with Gasteiger partial charge in [0.05, 0.1) is 13.0 Å². The number of carboxylic acids is 2. The molecular weight excluding hydrogens is 428 g/mol. The average Bonchev–Trinajstić information content (AvgIpc) is 2.82. The maximum Gasteiger partial charge on any atom is 0.410 e. The predicted octanol–water partition coefficient (Wildman–Crippen LogP) is 2.75. The highest BCUT2D eigenvalue weighted by Gasteiger charge is 2.20. The third-order valence-electron chi connectivity index (χ3n) is 4.79. The minimum Gasteiger partial charge on any atom is -0.481 e. The normalized spacial score (nSPS) is 11.5. The highest BCUT2D eigenvalue weighted by Crippen LogP contribution is 2.05. The SMILES string of the molecule is O=C(O)CCN(CCN[C@@H](CCOCc1ccccc1)C(=O)O)C(=O)OCc1ccccc1. The van der Waals surface area contributed by atoms with Gasteiger partial charge in [-0.15, -0.1) is 0 Å². The van der Waals surface area contributed by atoms with E-state index in [1.54, 1.807) is 0 Å². The van der Waals surface area contributed by atoms with Crippen molar-refractivity contribution in [3.8, 4) is 0 Å². The van der Waals surface area contributed by atoms with E-state index in [0.29, 0.717) is 6.61 Å². The average molecular weight is 459 g/mol. The lowest BCUT2D eigenvalue weighted by molar-refractivity contribution is -0.140. The molecule has 2 aromatic carbocycles. The van der Waals surface area contributed by atoms with Crippen molar-refractivity contribution >= 4 is 18.0 Å². The molecule has 0 fully saturated rings. The molecule has 0 saturated carbocycles. The molecule has 2 rings (SSSR count). The minimum atomic E-state index is -1.04. The fourth-order valence-corrected chi connectivity index (χ4v) is 2.99. The number of ether oxygens (including phenoxy) is 2. The molecule has 1 atom stereocenters. The van der Waals surface area contributed by atoms with Crippen LogP contribution in [0.5, 0.6) is 0 Å². The summed E-state index contributed by atoms with van der Waals surface area (Å²) >= 11 is 0. The summed E-state index contributed by atoms with van der Waals surface area (Å²) in [7, 11) is 0. The van der Waals surface area contributed by atoms with Gasteiger partial charge in [0.2, 0.25) is 0 Å². The molecule has 1 amide bonds. The summed E-state index contributed by atoms with van der Waals surface area (Å²) in [5.74, 6) is -2.06. The van der Waals surface area contributed by atoms with E-state index >= 15 is 0 Å². The molecule has 2 aromatic rings. The number of carbonyl (C=O) groups is 3. The third-order valence-corrected chi connectivity index (χ3v) is 4.79. The van der Waals surface area contributed by atoms with Crippen LogP contribution < -0.4 is 5.32 Å². The van der Waals surface area contributed by atoms with Crippen LogP contribution in [0.4, 0.5) is 4.79 Å². The van der Waals surface area contributed by atoms with Crippen molar-refractivity contribution in [3.05, 3.63) is 71.8 Å². The van der Waals surface area contributed by atoms with E-state index in [9.17, 15) is 19.5 Å².